The number of thioether (sulfide) groups is 1. The van der Waals surface area contributed by atoms with E-state index in [2.05, 4.69) is 59.8 Å². The fourth-order valence-electron chi connectivity index (χ4n) is 2.15. The molecule has 2 rings (SSSR count). The second-order valence-electron chi connectivity index (χ2n) is 4.74. The highest BCUT2D eigenvalue weighted by Gasteiger charge is 2.29. The lowest BCUT2D eigenvalue weighted by Crippen LogP contribution is -2.18. The van der Waals surface area contributed by atoms with Crippen LogP contribution in [0.15, 0.2) is 41.8 Å². The first-order chi connectivity index (χ1) is 7.68. The van der Waals surface area contributed by atoms with Gasteiger partial charge in [-0.05, 0) is 29.4 Å². The third-order valence-electron chi connectivity index (χ3n) is 3.31. The third kappa shape index (κ3) is 2.38. The predicted octanol–water partition coefficient (Wildman–Crippen LogP) is 4.85. The van der Waals surface area contributed by atoms with Crippen LogP contribution in [0.4, 0.5) is 0 Å². The number of benzene rings is 1. The van der Waals surface area contributed by atoms with Gasteiger partial charge in [0.15, 0.2) is 0 Å². The average Bonchev–Trinajstić information content (AvgIpc) is 2.73. The van der Waals surface area contributed by atoms with Gasteiger partial charge in [-0.2, -0.15) is 0 Å². The van der Waals surface area contributed by atoms with E-state index in [0.29, 0.717) is 5.92 Å². The molecule has 2 heteroatoms. The van der Waals surface area contributed by atoms with Crippen LogP contribution in [-0.2, 0) is 0 Å². The zero-order valence-corrected chi connectivity index (χ0v) is 12.0. The fourth-order valence-corrected chi connectivity index (χ4v) is 3.87. The van der Waals surface area contributed by atoms with Gasteiger partial charge in [0, 0.05) is 16.0 Å². The molecule has 0 fully saturated rings. The highest BCUT2D eigenvalue weighted by Crippen LogP contribution is 2.45. The molecule has 0 nitrogen and oxygen atoms in total. The predicted molar refractivity (Wildman–Crippen MR) is 76.6 cm³/mol. The minimum absolute atomic E-state index is 0.211. The van der Waals surface area contributed by atoms with Crippen molar-refractivity contribution in [2.45, 2.75) is 24.2 Å². The van der Waals surface area contributed by atoms with Gasteiger partial charge in [-0.15, -0.1) is 18.3 Å². The zero-order chi connectivity index (χ0) is 11.6. The zero-order valence-electron chi connectivity index (χ0n) is 9.58. The first-order valence-electron chi connectivity index (χ1n) is 5.60. The van der Waals surface area contributed by atoms with Gasteiger partial charge >= 0.3 is 0 Å². The quantitative estimate of drug-likeness (QED) is 0.565. The van der Waals surface area contributed by atoms with Crippen LogP contribution in [0.25, 0.3) is 0 Å². The summed E-state index contributed by atoms with van der Waals surface area (Å²) in [5, 5.41) is 0.993. The van der Waals surface area contributed by atoms with Crippen molar-refractivity contribution in [3.8, 4) is 0 Å². The summed E-state index contributed by atoms with van der Waals surface area (Å²) < 4.78 is 0. The van der Waals surface area contributed by atoms with Crippen molar-refractivity contribution in [1.82, 2.24) is 0 Å². The van der Waals surface area contributed by atoms with Gasteiger partial charge in [0.2, 0.25) is 0 Å². The van der Waals surface area contributed by atoms with E-state index in [1.54, 1.807) is 0 Å². The van der Waals surface area contributed by atoms with Gasteiger partial charge in [0.1, 0.15) is 0 Å². The van der Waals surface area contributed by atoms with Crippen LogP contribution in [0.1, 0.15) is 24.8 Å². The molecule has 0 aromatic heterocycles. The molecule has 0 saturated carbocycles. The molecule has 1 heterocycles. The van der Waals surface area contributed by atoms with E-state index in [0.717, 1.165) is 5.33 Å². The highest BCUT2D eigenvalue weighted by atomic mass is 79.9. The summed E-state index contributed by atoms with van der Waals surface area (Å²) in [5.74, 6) is 1.90. The summed E-state index contributed by atoms with van der Waals surface area (Å²) in [7, 11) is 0. The first-order valence-corrected chi connectivity index (χ1v) is 7.70. The number of alkyl halides is 1. The summed E-state index contributed by atoms with van der Waals surface area (Å²) in [5.41, 5.74) is 1.74. The highest BCUT2D eigenvalue weighted by molar-refractivity contribution is 9.09. The van der Waals surface area contributed by atoms with Crippen LogP contribution in [0.3, 0.4) is 0 Å². The summed E-state index contributed by atoms with van der Waals surface area (Å²) in [6, 6.07) is 8.79. The summed E-state index contributed by atoms with van der Waals surface area (Å²) in [6.45, 7) is 6.24. The second kappa shape index (κ2) is 4.97. The number of fused-ring (bicyclic) bond motifs is 1. The maximum atomic E-state index is 3.96. The number of halogens is 1. The van der Waals surface area contributed by atoms with Crippen molar-refractivity contribution in [3.63, 3.8) is 0 Å². The number of hydrogen-bond acceptors (Lipinski definition) is 1. The minimum atomic E-state index is 0.211. The van der Waals surface area contributed by atoms with Crippen LogP contribution in [0.5, 0.6) is 0 Å². The van der Waals surface area contributed by atoms with Crippen molar-refractivity contribution in [1.29, 1.82) is 0 Å². The van der Waals surface area contributed by atoms with Crippen molar-refractivity contribution in [3.05, 3.63) is 42.5 Å². The molecule has 0 bridgehead atoms. The Morgan fingerprint density at radius 3 is 3.00 bits per heavy atom. The second-order valence-corrected chi connectivity index (χ2v) is 6.36. The van der Waals surface area contributed by atoms with Crippen LogP contribution >= 0.6 is 27.7 Å². The topological polar surface area (TPSA) is 0 Å². The third-order valence-corrected chi connectivity index (χ3v) is 5.84. The largest absolute Gasteiger partial charge is 0.125 e. The Labute approximate surface area is 111 Å². The lowest BCUT2D eigenvalue weighted by atomic mass is 9.81. The van der Waals surface area contributed by atoms with Gasteiger partial charge in [-0.25, -0.2) is 0 Å². The van der Waals surface area contributed by atoms with Crippen LogP contribution in [0.2, 0.25) is 0 Å². The molecule has 0 spiro atoms. The van der Waals surface area contributed by atoms with Crippen molar-refractivity contribution in [2.75, 3.05) is 11.1 Å². The Bertz CT molecular complexity index is 388. The maximum absolute atomic E-state index is 3.96. The van der Waals surface area contributed by atoms with Crippen molar-refractivity contribution >= 4 is 27.7 Å². The normalized spacial score (nSPS) is 22.5. The molecule has 2 unspecified atom stereocenters. The van der Waals surface area contributed by atoms with E-state index in [-0.39, 0.29) is 5.41 Å². The molecule has 0 aliphatic carbocycles. The average molecular weight is 297 g/mol. The molecule has 0 amide bonds. The molecule has 16 heavy (non-hydrogen) atoms. The van der Waals surface area contributed by atoms with Gasteiger partial charge in [0.05, 0.1) is 0 Å². The lowest BCUT2D eigenvalue weighted by molar-refractivity contribution is 0.416. The summed E-state index contributed by atoms with van der Waals surface area (Å²) in [6.07, 6.45) is 3.28. The Balaban J connectivity index is 2.17. The van der Waals surface area contributed by atoms with E-state index >= 15 is 0 Å². The molecule has 0 radical (unpaired) electrons. The minimum Gasteiger partial charge on any atom is -0.125 e. The van der Waals surface area contributed by atoms with Gasteiger partial charge in [0.25, 0.3) is 0 Å². The van der Waals surface area contributed by atoms with Crippen LogP contribution < -0.4 is 0 Å². The smallest absolute Gasteiger partial charge is 0.0120 e. The van der Waals surface area contributed by atoms with Gasteiger partial charge in [-0.1, -0.05) is 47.1 Å². The van der Waals surface area contributed by atoms with E-state index in [9.17, 15) is 0 Å². The lowest BCUT2D eigenvalue weighted by Gasteiger charge is -2.26. The molecule has 1 aromatic carbocycles. The van der Waals surface area contributed by atoms with E-state index in [1.807, 2.05) is 11.8 Å². The molecule has 86 valence electrons. The Kier molecular flexibility index (Phi) is 3.81. The monoisotopic (exact) mass is 296 g/mol. The molecule has 2 atom stereocenters. The molecule has 1 aromatic rings. The molecule has 0 saturated heterocycles. The number of rotatable bonds is 4. The molecule has 1 aliphatic rings. The van der Waals surface area contributed by atoms with E-state index in [4.69, 9.17) is 0 Å². The number of allylic oxidation sites excluding steroid dienone is 1. The number of hydrogen-bond donors (Lipinski definition) is 0. The standard InChI is InChI=1S/C14H17BrS/c1-3-14(2,10-15)8-11-9-16-13-7-5-4-6-12(11)13/h3-7,11H,1,8-10H2,2H3. The summed E-state index contributed by atoms with van der Waals surface area (Å²) in [4.78, 5) is 1.47. The Morgan fingerprint density at radius 1 is 1.56 bits per heavy atom. The van der Waals surface area contributed by atoms with Crippen LogP contribution in [-0.4, -0.2) is 11.1 Å². The fraction of sp³-hybridized carbons (Fsp3) is 0.429. The molecular formula is C14H17BrS. The molecular weight excluding hydrogens is 280 g/mol. The van der Waals surface area contributed by atoms with E-state index in [1.165, 1.54) is 22.6 Å². The maximum Gasteiger partial charge on any atom is 0.0120 e. The van der Waals surface area contributed by atoms with Crippen molar-refractivity contribution < 1.29 is 0 Å². The summed E-state index contributed by atoms with van der Waals surface area (Å²) >= 11 is 5.59. The Morgan fingerprint density at radius 2 is 2.31 bits per heavy atom. The van der Waals surface area contributed by atoms with Crippen molar-refractivity contribution in [2.24, 2.45) is 5.41 Å². The SMILES string of the molecule is C=CC(C)(CBr)CC1CSc2ccccc21. The molecule has 0 N–H and O–H groups in total. The van der Waals surface area contributed by atoms with Crippen LogP contribution in [0, 0.1) is 5.41 Å². The molecule has 1 aliphatic heterocycles. The first kappa shape index (κ1) is 12.3. The van der Waals surface area contributed by atoms with Gasteiger partial charge < -0.3 is 0 Å². The Hall–Kier alpha value is -0.210. The van der Waals surface area contributed by atoms with Gasteiger partial charge in [-0.3, -0.25) is 0 Å². The van der Waals surface area contributed by atoms with E-state index < -0.39 is 0 Å².